The Hall–Kier alpha value is -3.04. The van der Waals surface area contributed by atoms with Gasteiger partial charge in [-0.3, -0.25) is 4.79 Å². The van der Waals surface area contributed by atoms with E-state index in [0.29, 0.717) is 10.6 Å². The molecule has 0 unspecified atom stereocenters. The van der Waals surface area contributed by atoms with Crippen LogP contribution in [-0.4, -0.2) is 24.2 Å². The van der Waals surface area contributed by atoms with Crippen molar-refractivity contribution in [1.29, 1.82) is 0 Å². The normalized spacial score (nSPS) is 11.4. The van der Waals surface area contributed by atoms with Gasteiger partial charge >= 0.3 is 0 Å². The minimum Gasteiger partial charge on any atom is -0.362 e. The predicted octanol–water partition coefficient (Wildman–Crippen LogP) is 3.15. The standard InChI is InChI=1S/C17H14N4O3S2/c22-15(16-3-1-12-25-16)8-11-18-13-4-6-14(7-5-13)26(23,24)21-17-19-9-2-10-20-17/h1-12,18H,(H,19,20,21). The van der Waals surface area contributed by atoms with Gasteiger partial charge in [0.25, 0.3) is 10.0 Å². The van der Waals surface area contributed by atoms with Crippen LogP contribution in [0, 0.1) is 0 Å². The van der Waals surface area contributed by atoms with E-state index < -0.39 is 10.0 Å². The zero-order valence-electron chi connectivity index (χ0n) is 13.4. The third kappa shape index (κ3) is 4.52. The predicted molar refractivity (Wildman–Crippen MR) is 101 cm³/mol. The van der Waals surface area contributed by atoms with Gasteiger partial charge in [0.2, 0.25) is 5.95 Å². The van der Waals surface area contributed by atoms with Crippen LogP contribution in [0.3, 0.4) is 0 Å². The molecule has 2 aromatic heterocycles. The molecule has 26 heavy (non-hydrogen) atoms. The fourth-order valence-electron chi connectivity index (χ4n) is 1.98. The van der Waals surface area contributed by atoms with Gasteiger partial charge in [0.15, 0.2) is 5.78 Å². The van der Waals surface area contributed by atoms with Gasteiger partial charge in [0, 0.05) is 30.4 Å². The molecule has 0 fully saturated rings. The molecule has 0 aliphatic carbocycles. The Balaban J connectivity index is 1.64. The molecule has 0 saturated heterocycles. The maximum atomic E-state index is 12.3. The second-order valence-corrected chi connectivity index (χ2v) is 7.65. The Morgan fingerprint density at radius 1 is 1.04 bits per heavy atom. The number of benzene rings is 1. The summed E-state index contributed by atoms with van der Waals surface area (Å²) in [5, 5.41) is 4.76. The lowest BCUT2D eigenvalue weighted by molar-refractivity contribution is 0.105. The number of carbonyl (C=O) groups excluding carboxylic acids is 1. The van der Waals surface area contributed by atoms with Crippen molar-refractivity contribution in [2.75, 3.05) is 10.0 Å². The SMILES string of the molecule is O=C(C=CNc1ccc(S(=O)(=O)Nc2ncccn2)cc1)c1cccs1. The van der Waals surface area contributed by atoms with Crippen LogP contribution in [0.2, 0.25) is 0 Å². The highest BCUT2D eigenvalue weighted by atomic mass is 32.2. The van der Waals surface area contributed by atoms with Gasteiger partial charge in [-0.15, -0.1) is 11.3 Å². The van der Waals surface area contributed by atoms with E-state index in [2.05, 4.69) is 20.0 Å². The summed E-state index contributed by atoms with van der Waals surface area (Å²) in [6.45, 7) is 0. The first kappa shape index (κ1) is 17.8. The summed E-state index contributed by atoms with van der Waals surface area (Å²) in [7, 11) is -3.77. The Labute approximate surface area is 154 Å². The smallest absolute Gasteiger partial charge is 0.264 e. The largest absolute Gasteiger partial charge is 0.362 e. The van der Waals surface area contributed by atoms with E-state index in [-0.39, 0.29) is 16.6 Å². The topological polar surface area (TPSA) is 101 Å². The number of ketones is 1. The molecule has 7 nitrogen and oxygen atoms in total. The van der Waals surface area contributed by atoms with Crippen molar-refractivity contribution < 1.29 is 13.2 Å². The average molecular weight is 386 g/mol. The van der Waals surface area contributed by atoms with Crippen molar-refractivity contribution in [2.45, 2.75) is 4.90 Å². The first-order valence-corrected chi connectivity index (χ1v) is 9.82. The maximum Gasteiger partial charge on any atom is 0.264 e. The van der Waals surface area contributed by atoms with Crippen LogP contribution in [-0.2, 0) is 10.0 Å². The number of sulfonamides is 1. The van der Waals surface area contributed by atoms with E-state index in [9.17, 15) is 13.2 Å². The van der Waals surface area contributed by atoms with E-state index >= 15 is 0 Å². The van der Waals surface area contributed by atoms with Crippen molar-refractivity contribution in [2.24, 2.45) is 0 Å². The number of aromatic nitrogens is 2. The Morgan fingerprint density at radius 3 is 2.42 bits per heavy atom. The lowest BCUT2D eigenvalue weighted by atomic mass is 10.3. The molecular formula is C17H14N4O3S2. The Morgan fingerprint density at radius 2 is 1.77 bits per heavy atom. The Bertz CT molecular complexity index is 1000. The number of carbonyl (C=O) groups is 1. The number of nitrogens with one attached hydrogen (secondary N) is 2. The van der Waals surface area contributed by atoms with E-state index in [1.54, 1.807) is 24.3 Å². The number of rotatable bonds is 7. The van der Waals surface area contributed by atoms with Crippen LogP contribution in [0.1, 0.15) is 9.67 Å². The lowest BCUT2D eigenvalue weighted by Gasteiger charge is -2.07. The minimum absolute atomic E-state index is 0.00437. The number of hydrogen-bond donors (Lipinski definition) is 2. The lowest BCUT2D eigenvalue weighted by Crippen LogP contribution is -2.14. The third-order valence-electron chi connectivity index (χ3n) is 3.20. The van der Waals surface area contributed by atoms with Crippen molar-refractivity contribution in [3.05, 3.63) is 77.4 Å². The molecule has 0 atom stereocenters. The molecule has 0 radical (unpaired) electrons. The fraction of sp³-hybridized carbons (Fsp3) is 0. The molecule has 3 rings (SSSR count). The Kier molecular flexibility index (Phi) is 5.40. The average Bonchev–Trinajstić information content (AvgIpc) is 3.17. The monoisotopic (exact) mass is 386 g/mol. The first-order chi connectivity index (χ1) is 12.5. The molecule has 1 aromatic carbocycles. The summed E-state index contributed by atoms with van der Waals surface area (Å²) in [6, 6.07) is 11.2. The van der Waals surface area contributed by atoms with Gasteiger partial charge in [0.1, 0.15) is 0 Å². The van der Waals surface area contributed by atoms with Gasteiger partial charge in [0.05, 0.1) is 9.77 Å². The van der Waals surface area contributed by atoms with Crippen molar-refractivity contribution in [1.82, 2.24) is 9.97 Å². The molecule has 0 aliphatic rings. The summed E-state index contributed by atoms with van der Waals surface area (Å²) in [4.78, 5) is 20.2. The van der Waals surface area contributed by atoms with Crippen LogP contribution in [0.4, 0.5) is 11.6 Å². The molecule has 0 bridgehead atoms. The maximum absolute atomic E-state index is 12.3. The van der Waals surface area contributed by atoms with Gasteiger partial charge in [-0.1, -0.05) is 6.07 Å². The molecular weight excluding hydrogens is 372 g/mol. The number of anilines is 2. The van der Waals surface area contributed by atoms with Crippen molar-refractivity contribution in [3.63, 3.8) is 0 Å². The zero-order valence-corrected chi connectivity index (χ0v) is 15.0. The third-order valence-corrected chi connectivity index (χ3v) is 5.43. The van der Waals surface area contributed by atoms with Gasteiger partial charge in [-0.05, 0) is 41.8 Å². The zero-order chi connectivity index (χ0) is 18.4. The molecule has 9 heteroatoms. The minimum atomic E-state index is -3.77. The summed E-state index contributed by atoms with van der Waals surface area (Å²) in [6.07, 6.45) is 5.83. The van der Waals surface area contributed by atoms with Crippen LogP contribution in [0.15, 0.2) is 77.4 Å². The number of thiophene rings is 1. The molecule has 0 saturated carbocycles. The van der Waals surface area contributed by atoms with Crippen molar-refractivity contribution in [3.8, 4) is 0 Å². The summed E-state index contributed by atoms with van der Waals surface area (Å²) in [5.74, 6) is -0.0940. The summed E-state index contributed by atoms with van der Waals surface area (Å²) < 4.78 is 26.9. The highest BCUT2D eigenvalue weighted by Gasteiger charge is 2.15. The van der Waals surface area contributed by atoms with E-state index in [0.717, 1.165) is 0 Å². The van der Waals surface area contributed by atoms with Crippen molar-refractivity contribution >= 4 is 38.8 Å². The van der Waals surface area contributed by atoms with Crippen LogP contribution in [0.5, 0.6) is 0 Å². The highest BCUT2D eigenvalue weighted by molar-refractivity contribution is 7.92. The van der Waals surface area contributed by atoms with Gasteiger partial charge < -0.3 is 5.32 Å². The first-order valence-electron chi connectivity index (χ1n) is 7.45. The molecule has 132 valence electrons. The van der Waals surface area contributed by atoms with Gasteiger partial charge in [-0.25, -0.2) is 23.1 Å². The van der Waals surface area contributed by atoms with Crippen LogP contribution >= 0.6 is 11.3 Å². The molecule has 0 spiro atoms. The van der Waals surface area contributed by atoms with E-state index in [4.69, 9.17) is 0 Å². The molecule has 3 aromatic rings. The quantitative estimate of drug-likeness (QED) is 0.478. The molecule has 2 N–H and O–H groups in total. The molecule has 2 heterocycles. The number of allylic oxidation sites excluding steroid dienone is 1. The van der Waals surface area contributed by atoms with Crippen LogP contribution < -0.4 is 10.0 Å². The van der Waals surface area contributed by atoms with Gasteiger partial charge in [-0.2, -0.15) is 0 Å². The number of nitrogens with zero attached hydrogens (tertiary/aromatic N) is 2. The number of hydrogen-bond acceptors (Lipinski definition) is 7. The summed E-state index contributed by atoms with van der Waals surface area (Å²) >= 11 is 1.37. The summed E-state index contributed by atoms with van der Waals surface area (Å²) in [5.41, 5.74) is 0.648. The molecule has 0 amide bonds. The molecule has 0 aliphatic heterocycles. The second-order valence-electron chi connectivity index (χ2n) is 5.02. The van der Waals surface area contributed by atoms with Crippen LogP contribution in [0.25, 0.3) is 0 Å². The fourth-order valence-corrected chi connectivity index (χ4v) is 3.58. The van der Waals surface area contributed by atoms with E-state index in [1.807, 2.05) is 11.4 Å². The second kappa shape index (κ2) is 7.89. The van der Waals surface area contributed by atoms with E-state index in [1.165, 1.54) is 48.1 Å². The highest BCUT2D eigenvalue weighted by Crippen LogP contribution is 2.16.